The lowest BCUT2D eigenvalue weighted by Gasteiger charge is -2.05. The van der Waals surface area contributed by atoms with E-state index in [1.807, 2.05) is 24.3 Å². The first-order chi connectivity index (χ1) is 5.74. The van der Waals surface area contributed by atoms with Crippen LogP contribution in [-0.2, 0) is 0 Å². The molecule has 0 fully saturated rings. The van der Waals surface area contributed by atoms with E-state index in [1.54, 1.807) is 6.07 Å². The van der Waals surface area contributed by atoms with Crippen molar-refractivity contribution in [1.82, 2.24) is 0 Å². The van der Waals surface area contributed by atoms with Gasteiger partial charge in [-0.05, 0) is 17.7 Å². The van der Waals surface area contributed by atoms with Gasteiger partial charge in [0.05, 0.1) is 18.6 Å². The Balaban J connectivity index is 2.82. The maximum absolute atomic E-state index is 9.40. The Morgan fingerprint density at radius 3 is 2.92 bits per heavy atom. The molecule has 0 aromatic heterocycles. The van der Waals surface area contributed by atoms with E-state index in [0.29, 0.717) is 0 Å². The van der Waals surface area contributed by atoms with Crippen LogP contribution in [0.25, 0.3) is 0 Å². The molecular weight excluding hydrogens is 218 g/mol. The van der Waals surface area contributed by atoms with Crippen LogP contribution in [0.1, 0.15) is 18.1 Å². The van der Waals surface area contributed by atoms with Crippen molar-refractivity contribution < 1.29 is 5.11 Å². The van der Waals surface area contributed by atoms with Gasteiger partial charge in [-0.1, -0.05) is 28.1 Å². The standard InChI is InChI=1S/C9H8BrNO/c10-8-3-1-2-7(6-8)9(12)4-5-11/h1-3,6,9,12H,4H2. The maximum atomic E-state index is 9.40. The number of aliphatic hydroxyl groups is 1. The molecular formula is C9H8BrNO. The summed E-state index contributed by atoms with van der Waals surface area (Å²) in [6.07, 6.45) is -0.538. The Morgan fingerprint density at radius 1 is 1.58 bits per heavy atom. The van der Waals surface area contributed by atoms with Gasteiger partial charge in [-0.3, -0.25) is 0 Å². The smallest absolute Gasteiger partial charge is 0.0920 e. The molecule has 1 atom stereocenters. The molecule has 1 aromatic carbocycles. The fraction of sp³-hybridized carbons (Fsp3) is 0.222. The molecule has 2 nitrogen and oxygen atoms in total. The van der Waals surface area contributed by atoms with Gasteiger partial charge in [0, 0.05) is 4.47 Å². The fourth-order valence-corrected chi connectivity index (χ4v) is 1.34. The number of hydrogen-bond donors (Lipinski definition) is 1. The molecule has 0 saturated carbocycles. The fourth-order valence-electron chi connectivity index (χ4n) is 0.918. The zero-order chi connectivity index (χ0) is 8.97. The van der Waals surface area contributed by atoms with E-state index in [1.165, 1.54) is 0 Å². The summed E-state index contributed by atoms with van der Waals surface area (Å²) in [4.78, 5) is 0. The first-order valence-electron chi connectivity index (χ1n) is 3.54. The van der Waals surface area contributed by atoms with Gasteiger partial charge in [0.1, 0.15) is 0 Å². The van der Waals surface area contributed by atoms with Gasteiger partial charge in [-0.25, -0.2) is 0 Å². The highest BCUT2D eigenvalue weighted by atomic mass is 79.9. The topological polar surface area (TPSA) is 44.0 Å². The Bertz CT molecular complexity index is 306. The van der Waals surface area contributed by atoms with Gasteiger partial charge in [0.2, 0.25) is 0 Å². The predicted octanol–water partition coefficient (Wildman–Crippen LogP) is 2.40. The zero-order valence-corrected chi connectivity index (χ0v) is 7.95. The minimum absolute atomic E-state index is 0.135. The minimum atomic E-state index is -0.674. The van der Waals surface area contributed by atoms with Crippen molar-refractivity contribution in [3.05, 3.63) is 34.3 Å². The Morgan fingerprint density at radius 2 is 2.33 bits per heavy atom. The van der Waals surface area contributed by atoms with Gasteiger partial charge in [-0.2, -0.15) is 5.26 Å². The van der Waals surface area contributed by atoms with Crippen LogP contribution in [0, 0.1) is 11.3 Å². The molecule has 0 aliphatic carbocycles. The molecule has 62 valence electrons. The van der Waals surface area contributed by atoms with Gasteiger partial charge < -0.3 is 5.11 Å². The van der Waals surface area contributed by atoms with Crippen LogP contribution >= 0.6 is 15.9 Å². The van der Waals surface area contributed by atoms with E-state index in [2.05, 4.69) is 15.9 Å². The number of nitrogens with zero attached hydrogens (tertiary/aromatic N) is 1. The number of aliphatic hydroxyl groups excluding tert-OH is 1. The van der Waals surface area contributed by atoms with E-state index in [-0.39, 0.29) is 6.42 Å². The van der Waals surface area contributed by atoms with Crippen LogP contribution in [0.2, 0.25) is 0 Å². The summed E-state index contributed by atoms with van der Waals surface area (Å²) in [7, 11) is 0. The lowest BCUT2D eigenvalue weighted by Crippen LogP contribution is -1.94. The second-order valence-corrected chi connectivity index (χ2v) is 3.35. The molecule has 0 bridgehead atoms. The lowest BCUT2D eigenvalue weighted by atomic mass is 10.1. The van der Waals surface area contributed by atoms with Gasteiger partial charge in [0.15, 0.2) is 0 Å². The second-order valence-electron chi connectivity index (χ2n) is 2.43. The number of nitriles is 1. The molecule has 0 spiro atoms. The molecule has 0 amide bonds. The molecule has 1 unspecified atom stereocenters. The van der Waals surface area contributed by atoms with Crippen molar-refractivity contribution in [1.29, 1.82) is 5.26 Å². The minimum Gasteiger partial charge on any atom is -0.387 e. The van der Waals surface area contributed by atoms with Crippen molar-refractivity contribution in [3.63, 3.8) is 0 Å². The normalized spacial score (nSPS) is 12.1. The highest BCUT2D eigenvalue weighted by Gasteiger charge is 2.05. The maximum Gasteiger partial charge on any atom is 0.0920 e. The summed E-state index contributed by atoms with van der Waals surface area (Å²) in [6.45, 7) is 0. The molecule has 1 aromatic rings. The molecule has 0 aliphatic heterocycles. The van der Waals surface area contributed by atoms with Gasteiger partial charge >= 0.3 is 0 Å². The van der Waals surface area contributed by atoms with Gasteiger partial charge in [0.25, 0.3) is 0 Å². The van der Waals surface area contributed by atoms with Crippen LogP contribution in [0.15, 0.2) is 28.7 Å². The van der Waals surface area contributed by atoms with Crippen molar-refractivity contribution >= 4 is 15.9 Å². The Kier molecular flexibility index (Phi) is 3.27. The largest absolute Gasteiger partial charge is 0.387 e. The number of benzene rings is 1. The number of hydrogen-bond acceptors (Lipinski definition) is 2. The number of rotatable bonds is 2. The molecule has 0 saturated heterocycles. The zero-order valence-electron chi connectivity index (χ0n) is 6.37. The van der Waals surface area contributed by atoms with E-state index in [0.717, 1.165) is 10.0 Å². The molecule has 3 heteroatoms. The third kappa shape index (κ3) is 2.33. The van der Waals surface area contributed by atoms with E-state index < -0.39 is 6.10 Å². The monoisotopic (exact) mass is 225 g/mol. The quantitative estimate of drug-likeness (QED) is 0.841. The summed E-state index contributed by atoms with van der Waals surface area (Å²) in [5, 5.41) is 17.7. The highest BCUT2D eigenvalue weighted by molar-refractivity contribution is 9.10. The molecule has 1 N–H and O–H groups in total. The summed E-state index contributed by atoms with van der Waals surface area (Å²) >= 11 is 3.29. The molecule has 0 heterocycles. The highest BCUT2D eigenvalue weighted by Crippen LogP contribution is 2.19. The summed E-state index contributed by atoms with van der Waals surface area (Å²) in [5.74, 6) is 0. The second kappa shape index (κ2) is 4.24. The van der Waals surface area contributed by atoms with Crippen LogP contribution in [0.4, 0.5) is 0 Å². The summed E-state index contributed by atoms with van der Waals surface area (Å²) in [5.41, 5.74) is 0.769. The Hall–Kier alpha value is -0.850. The van der Waals surface area contributed by atoms with E-state index in [9.17, 15) is 5.11 Å². The van der Waals surface area contributed by atoms with Crippen LogP contribution in [-0.4, -0.2) is 5.11 Å². The van der Waals surface area contributed by atoms with Crippen molar-refractivity contribution in [3.8, 4) is 6.07 Å². The average Bonchev–Trinajstić information content (AvgIpc) is 2.05. The molecule has 1 rings (SSSR count). The number of halogens is 1. The van der Waals surface area contributed by atoms with E-state index >= 15 is 0 Å². The first kappa shape index (κ1) is 9.24. The van der Waals surface area contributed by atoms with Crippen molar-refractivity contribution in [2.75, 3.05) is 0 Å². The van der Waals surface area contributed by atoms with Crippen LogP contribution in [0.5, 0.6) is 0 Å². The average molecular weight is 226 g/mol. The Labute approximate surface area is 79.6 Å². The lowest BCUT2D eigenvalue weighted by molar-refractivity contribution is 0.183. The third-order valence-corrected chi connectivity index (χ3v) is 2.01. The molecule has 0 radical (unpaired) electrons. The SMILES string of the molecule is N#CCC(O)c1cccc(Br)c1. The third-order valence-electron chi connectivity index (χ3n) is 1.52. The first-order valence-corrected chi connectivity index (χ1v) is 4.34. The van der Waals surface area contributed by atoms with Crippen molar-refractivity contribution in [2.24, 2.45) is 0 Å². The van der Waals surface area contributed by atoms with Gasteiger partial charge in [-0.15, -0.1) is 0 Å². The van der Waals surface area contributed by atoms with Crippen LogP contribution < -0.4 is 0 Å². The summed E-state index contributed by atoms with van der Waals surface area (Å²) in [6, 6.07) is 9.24. The van der Waals surface area contributed by atoms with E-state index in [4.69, 9.17) is 5.26 Å². The van der Waals surface area contributed by atoms with Crippen molar-refractivity contribution in [2.45, 2.75) is 12.5 Å². The molecule has 0 aliphatic rings. The molecule has 12 heavy (non-hydrogen) atoms. The summed E-state index contributed by atoms with van der Waals surface area (Å²) < 4.78 is 0.914. The predicted molar refractivity (Wildman–Crippen MR) is 49.3 cm³/mol. The van der Waals surface area contributed by atoms with Crippen LogP contribution in [0.3, 0.4) is 0 Å².